The minimum Gasteiger partial charge on any atom is -0.380 e. The molecule has 3 heteroatoms. The number of nitrogens with one attached hydrogen (secondary N) is 1. The fraction of sp³-hybridized carbons (Fsp3) is 0.611. The van der Waals surface area contributed by atoms with E-state index in [-0.39, 0.29) is 5.91 Å². The quantitative estimate of drug-likeness (QED) is 0.903. The van der Waals surface area contributed by atoms with Crippen LogP contribution in [-0.4, -0.2) is 18.5 Å². The van der Waals surface area contributed by atoms with Crippen molar-refractivity contribution < 1.29 is 4.79 Å². The normalized spacial score (nSPS) is 25.1. The highest BCUT2D eigenvalue weighted by Gasteiger charge is 2.33. The number of carbonyl (C=O) groups is 1. The topological polar surface area (TPSA) is 32.3 Å². The SMILES string of the molecule is CC1(C)CCCCC1Nc1ccccc1N1CCCC1=O. The van der Waals surface area contributed by atoms with Gasteiger partial charge < -0.3 is 10.2 Å². The van der Waals surface area contributed by atoms with Crippen LogP contribution < -0.4 is 10.2 Å². The van der Waals surface area contributed by atoms with Crippen LogP contribution in [0.15, 0.2) is 24.3 Å². The summed E-state index contributed by atoms with van der Waals surface area (Å²) in [4.78, 5) is 14.0. The molecule has 2 fully saturated rings. The Labute approximate surface area is 127 Å². The van der Waals surface area contributed by atoms with Crippen molar-refractivity contribution in [2.45, 2.75) is 58.4 Å². The number of benzene rings is 1. The van der Waals surface area contributed by atoms with Crippen LogP contribution in [0, 0.1) is 5.41 Å². The van der Waals surface area contributed by atoms with Crippen LogP contribution in [0.3, 0.4) is 0 Å². The highest BCUT2D eigenvalue weighted by molar-refractivity contribution is 5.98. The second-order valence-electron chi connectivity index (χ2n) is 7.10. The Morgan fingerprint density at radius 1 is 1.19 bits per heavy atom. The number of hydrogen-bond donors (Lipinski definition) is 1. The Morgan fingerprint density at radius 2 is 2.00 bits per heavy atom. The molecule has 1 unspecified atom stereocenters. The molecule has 1 heterocycles. The van der Waals surface area contributed by atoms with Crippen LogP contribution in [0.2, 0.25) is 0 Å². The average molecular weight is 286 g/mol. The fourth-order valence-electron chi connectivity index (χ4n) is 3.68. The lowest BCUT2D eigenvalue weighted by molar-refractivity contribution is -0.117. The van der Waals surface area contributed by atoms with Crippen molar-refractivity contribution in [1.29, 1.82) is 0 Å². The molecule has 2 aliphatic rings. The molecule has 3 nitrogen and oxygen atoms in total. The maximum atomic E-state index is 12.0. The maximum absolute atomic E-state index is 12.0. The van der Waals surface area contributed by atoms with Gasteiger partial charge in [-0.05, 0) is 36.8 Å². The monoisotopic (exact) mass is 286 g/mol. The van der Waals surface area contributed by atoms with Crippen molar-refractivity contribution in [2.75, 3.05) is 16.8 Å². The Kier molecular flexibility index (Phi) is 3.92. The molecule has 3 rings (SSSR count). The van der Waals surface area contributed by atoms with Crippen molar-refractivity contribution >= 4 is 17.3 Å². The van der Waals surface area contributed by atoms with Gasteiger partial charge in [-0.25, -0.2) is 0 Å². The molecule has 114 valence electrons. The Bertz CT molecular complexity index is 524. The van der Waals surface area contributed by atoms with E-state index in [1.807, 2.05) is 11.0 Å². The van der Waals surface area contributed by atoms with Gasteiger partial charge in [0.15, 0.2) is 0 Å². The lowest BCUT2D eigenvalue weighted by Crippen LogP contribution is -2.39. The van der Waals surface area contributed by atoms with Gasteiger partial charge >= 0.3 is 0 Å². The molecule has 1 saturated carbocycles. The van der Waals surface area contributed by atoms with Crippen molar-refractivity contribution in [2.24, 2.45) is 5.41 Å². The van der Waals surface area contributed by atoms with Crippen molar-refractivity contribution in [3.8, 4) is 0 Å². The number of rotatable bonds is 3. The molecular weight excluding hydrogens is 260 g/mol. The number of carbonyl (C=O) groups excluding carboxylic acids is 1. The zero-order valence-electron chi connectivity index (χ0n) is 13.2. The van der Waals surface area contributed by atoms with E-state index in [4.69, 9.17) is 0 Å². The lowest BCUT2D eigenvalue weighted by atomic mass is 9.73. The van der Waals surface area contributed by atoms with E-state index in [0.29, 0.717) is 17.9 Å². The first kappa shape index (κ1) is 14.4. The highest BCUT2D eigenvalue weighted by atomic mass is 16.2. The number of nitrogens with zero attached hydrogens (tertiary/aromatic N) is 1. The third-order valence-corrected chi connectivity index (χ3v) is 5.11. The molecule has 1 aromatic rings. The fourth-order valence-corrected chi connectivity index (χ4v) is 3.68. The molecule has 1 aliphatic heterocycles. The van der Waals surface area contributed by atoms with E-state index in [2.05, 4.69) is 37.4 Å². The second kappa shape index (κ2) is 5.70. The largest absolute Gasteiger partial charge is 0.380 e. The highest BCUT2D eigenvalue weighted by Crippen LogP contribution is 2.39. The van der Waals surface area contributed by atoms with Crippen LogP contribution in [0.5, 0.6) is 0 Å². The molecule has 1 aromatic carbocycles. The molecule has 0 radical (unpaired) electrons. The van der Waals surface area contributed by atoms with Crippen LogP contribution in [0.1, 0.15) is 52.4 Å². The minimum atomic E-state index is 0.257. The molecular formula is C18H26N2O. The zero-order chi connectivity index (χ0) is 14.9. The second-order valence-corrected chi connectivity index (χ2v) is 7.10. The third kappa shape index (κ3) is 2.92. The standard InChI is InChI=1S/C18H26N2O/c1-18(2)12-6-5-10-16(18)19-14-8-3-4-9-15(14)20-13-7-11-17(20)21/h3-4,8-9,16,19H,5-7,10-13H2,1-2H3. The van der Waals surface area contributed by atoms with Crippen LogP contribution in [-0.2, 0) is 4.79 Å². The van der Waals surface area contributed by atoms with Gasteiger partial charge in [0.1, 0.15) is 0 Å². The smallest absolute Gasteiger partial charge is 0.227 e. The van der Waals surface area contributed by atoms with Gasteiger partial charge in [-0.3, -0.25) is 4.79 Å². The van der Waals surface area contributed by atoms with E-state index in [1.54, 1.807) is 0 Å². The molecule has 0 aromatic heterocycles. The lowest BCUT2D eigenvalue weighted by Gasteiger charge is -2.40. The summed E-state index contributed by atoms with van der Waals surface area (Å²) in [6.45, 7) is 5.56. The predicted octanol–water partition coefficient (Wildman–Crippen LogP) is 4.19. The molecule has 1 atom stereocenters. The van der Waals surface area contributed by atoms with E-state index in [0.717, 1.165) is 24.3 Å². The van der Waals surface area contributed by atoms with Crippen molar-refractivity contribution in [1.82, 2.24) is 0 Å². The third-order valence-electron chi connectivity index (χ3n) is 5.11. The van der Waals surface area contributed by atoms with Crippen LogP contribution in [0.4, 0.5) is 11.4 Å². The summed E-state index contributed by atoms with van der Waals surface area (Å²) in [5.74, 6) is 0.257. The van der Waals surface area contributed by atoms with Crippen LogP contribution >= 0.6 is 0 Å². The molecule has 0 spiro atoms. The van der Waals surface area contributed by atoms with Crippen molar-refractivity contribution in [3.63, 3.8) is 0 Å². The molecule has 0 bridgehead atoms. The van der Waals surface area contributed by atoms with Gasteiger partial charge in [0, 0.05) is 19.0 Å². The number of amides is 1. The Morgan fingerprint density at radius 3 is 2.71 bits per heavy atom. The predicted molar refractivity (Wildman–Crippen MR) is 87.7 cm³/mol. The Hall–Kier alpha value is -1.51. The van der Waals surface area contributed by atoms with Gasteiger partial charge in [-0.15, -0.1) is 0 Å². The summed E-state index contributed by atoms with van der Waals surface area (Å²) in [7, 11) is 0. The summed E-state index contributed by atoms with van der Waals surface area (Å²) >= 11 is 0. The molecule has 21 heavy (non-hydrogen) atoms. The van der Waals surface area contributed by atoms with Gasteiger partial charge in [0.05, 0.1) is 11.4 Å². The summed E-state index contributed by atoms with van der Waals surface area (Å²) in [6, 6.07) is 8.76. The molecule has 1 saturated heterocycles. The van der Waals surface area contributed by atoms with Gasteiger partial charge in [-0.2, -0.15) is 0 Å². The number of para-hydroxylation sites is 2. The summed E-state index contributed by atoms with van der Waals surface area (Å²) in [5.41, 5.74) is 2.49. The molecule has 1 N–H and O–H groups in total. The number of hydrogen-bond acceptors (Lipinski definition) is 2. The van der Waals surface area contributed by atoms with E-state index >= 15 is 0 Å². The van der Waals surface area contributed by atoms with Gasteiger partial charge in [-0.1, -0.05) is 38.8 Å². The average Bonchev–Trinajstić information content (AvgIpc) is 2.88. The van der Waals surface area contributed by atoms with Crippen molar-refractivity contribution in [3.05, 3.63) is 24.3 Å². The van der Waals surface area contributed by atoms with E-state index < -0.39 is 0 Å². The first-order chi connectivity index (χ1) is 10.1. The minimum absolute atomic E-state index is 0.257. The molecule has 1 amide bonds. The van der Waals surface area contributed by atoms with Gasteiger partial charge in [0.25, 0.3) is 0 Å². The van der Waals surface area contributed by atoms with Gasteiger partial charge in [0.2, 0.25) is 5.91 Å². The first-order valence-electron chi connectivity index (χ1n) is 8.24. The van der Waals surface area contributed by atoms with E-state index in [9.17, 15) is 4.79 Å². The Balaban J connectivity index is 1.84. The molecule has 1 aliphatic carbocycles. The van der Waals surface area contributed by atoms with E-state index in [1.165, 1.54) is 25.7 Å². The summed E-state index contributed by atoms with van der Waals surface area (Å²) in [5, 5.41) is 3.74. The summed E-state index contributed by atoms with van der Waals surface area (Å²) in [6.07, 6.45) is 6.78. The first-order valence-corrected chi connectivity index (χ1v) is 8.24. The number of anilines is 2. The summed E-state index contributed by atoms with van der Waals surface area (Å²) < 4.78 is 0. The zero-order valence-corrected chi connectivity index (χ0v) is 13.2. The van der Waals surface area contributed by atoms with Crippen LogP contribution in [0.25, 0.3) is 0 Å². The maximum Gasteiger partial charge on any atom is 0.227 e.